The fourth-order valence-electron chi connectivity index (χ4n) is 4.60. The van der Waals surface area contributed by atoms with Gasteiger partial charge in [0.1, 0.15) is 6.54 Å². The minimum absolute atomic E-state index is 0.00377. The van der Waals surface area contributed by atoms with Crippen LogP contribution in [0.3, 0.4) is 0 Å². The van der Waals surface area contributed by atoms with Gasteiger partial charge in [0.2, 0.25) is 11.8 Å². The highest BCUT2D eigenvalue weighted by molar-refractivity contribution is 6.10. The number of nitrogens with zero attached hydrogens (tertiary/aromatic N) is 2. The summed E-state index contributed by atoms with van der Waals surface area (Å²) in [5, 5.41) is 3.16. The Morgan fingerprint density at radius 1 is 1.10 bits per heavy atom. The van der Waals surface area contributed by atoms with Crippen molar-refractivity contribution in [1.29, 1.82) is 0 Å². The van der Waals surface area contributed by atoms with Crippen molar-refractivity contribution in [2.45, 2.75) is 51.6 Å². The quantitative estimate of drug-likeness (QED) is 0.830. The van der Waals surface area contributed by atoms with Gasteiger partial charge in [-0.1, -0.05) is 48.0 Å². The number of piperidine rings is 1. The number of aryl methyl sites for hydroxylation is 1. The predicted molar refractivity (Wildman–Crippen MR) is 119 cm³/mol. The molecule has 0 aromatic heterocycles. The highest BCUT2D eigenvalue weighted by Crippen LogP contribution is 2.41. The molecule has 2 aliphatic rings. The number of carbonyl (C=O) groups is 2. The van der Waals surface area contributed by atoms with Gasteiger partial charge >= 0.3 is 0 Å². The first-order chi connectivity index (χ1) is 14.3. The van der Waals surface area contributed by atoms with Crippen LogP contribution in [0.25, 0.3) is 0 Å². The fourth-order valence-corrected chi connectivity index (χ4v) is 4.60. The van der Waals surface area contributed by atoms with Crippen molar-refractivity contribution < 1.29 is 9.59 Å². The number of hydrogen-bond acceptors (Lipinski definition) is 3. The largest absolute Gasteiger partial charge is 0.352 e. The number of hydrogen-bond donors (Lipinski definition) is 1. The van der Waals surface area contributed by atoms with Crippen molar-refractivity contribution in [2.75, 3.05) is 24.5 Å². The molecule has 158 valence electrons. The maximum atomic E-state index is 13.0. The Balaban J connectivity index is 1.32. The topological polar surface area (TPSA) is 52.7 Å². The molecule has 5 nitrogen and oxygen atoms in total. The van der Waals surface area contributed by atoms with E-state index in [2.05, 4.69) is 40.5 Å². The molecule has 0 aliphatic carbocycles. The minimum Gasteiger partial charge on any atom is -0.352 e. The predicted octanol–water partition coefficient (Wildman–Crippen LogP) is 3.40. The van der Waals surface area contributed by atoms with Crippen molar-refractivity contribution in [1.82, 2.24) is 10.2 Å². The van der Waals surface area contributed by atoms with Crippen molar-refractivity contribution in [3.8, 4) is 0 Å². The average molecular weight is 406 g/mol. The summed E-state index contributed by atoms with van der Waals surface area (Å²) in [4.78, 5) is 29.8. The van der Waals surface area contributed by atoms with Gasteiger partial charge in [-0.2, -0.15) is 0 Å². The molecule has 1 N–H and O–H groups in total. The Hall–Kier alpha value is -2.66. The number of carbonyl (C=O) groups excluding carboxylic acids is 2. The van der Waals surface area contributed by atoms with E-state index >= 15 is 0 Å². The molecule has 1 fully saturated rings. The van der Waals surface area contributed by atoms with Crippen molar-refractivity contribution in [2.24, 2.45) is 0 Å². The van der Waals surface area contributed by atoms with E-state index in [1.807, 2.05) is 39.0 Å². The third kappa shape index (κ3) is 4.12. The standard InChI is InChI=1S/C25H31N3O2/c1-18-9-10-22-21(15-18)25(2,3)24(30)28(22)17-23(29)26-20-11-13-27(14-12-20)16-19-7-5-4-6-8-19/h4-10,15,20H,11-14,16-17H2,1-3H3,(H,26,29). The summed E-state index contributed by atoms with van der Waals surface area (Å²) >= 11 is 0. The van der Waals surface area contributed by atoms with Crippen LogP contribution in [-0.4, -0.2) is 42.4 Å². The first-order valence-corrected chi connectivity index (χ1v) is 10.8. The lowest BCUT2D eigenvalue weighted by molar-refractivity contribution is -0.126. The van der Waals surface area contributed by atoms with Gasteiger partial charge in [-0.3, -0.25) is 14.5 Å². The Morgan fingerprint density at radius 2 is 1.80 bits per heavy atom. The third-order valence-electron chi connectivity index (χ3n) is 6.40. The first kappa shape index (κ1) is 20.6. The molecule has 0 unspecified atom stereocenters. The van der Waals surface area contributed by atoms with Crippen LogP contribution in [0.4, 0.5) is 5.69 Å². The second kappa shape index (κ2) is 8.23. The fraction of sp³-hybridized carbons (Fsp3) is 0.440. The van der Waals surface area contributed by atoms with Gasteiger partial charge in [0.15, 0.2) is 0 Å². The van der Waals surface area contributed by atoms with E-state index in [0.717, 1.165) is 49.3 Å². The molecule has 2 aromatic carbocycles. The van der Waals surface area contributed by atoms with Crippen molar-refractivity contribution in [3.05, 3.63) is 65.2 Å². The van der Waals surface area contributed by atoms with Gasteiger partial charge < -0.3 is 10.2 Å². The van der Waals surface area contributed by atoms with Crippen LogP contribution >= 0.6 is 0 Å². The first-order valence-electron chi connectivity index (χ1n) is 10.8. The van der Waals surface area contributed by atoms with Crippen LogP contribution in [0, 0.1) is 6.92 Å². The van der Waals surface area contributed by atoms with E-state index in [-0.39, 0.29) is 24.4 Å². The Bertz CT molecular complexity index is 931. The zero-order chi connectivity index (χ0) is 21.3. The number of amides is 2. The van der Waals surface area contributed by atoms with Gasteiger partial charge in [-0.25, -0.2) is 0 Å². The molecule has 30 heavy (non-hydrogen) atoms. The van der Waals surface area contributed by atoms with Crippen LogP contribution < -0.4 is 10.2 Å². The molecule has 1 saturated heterocycles. The maximum Gasteiger partial charge on any atom is 0.240 e. The number of fused-ring (bicyclic) bond motifs is 1. The molecule has 0 saturated carbocycles. The summed E-state index contributed by atoms with van der Waals surface area (Å²) in [7, 11) is 0. The molecule has 0 radical (unpaired) electrons. The smallest absolute Gasteiger partial charge is 0.240 e. The number of rotatable bonds is 5. The molecule has 2 aliphatic heterocycles. The van der Waals surface area contributed by atoms with Crippen LogP contribution in [-0.2, 0) is 21.5 Å². The Morgan fingerprint density at radius 3 is 2.50 bits per heavy atom. The van der Waals surface area contributed by atoms with Crippen molar-refractivity contribution >= 4 is 17.5 Å². The monoisotopic (exact) mass is 405 g/mol. The zero-order valence-electron chi connectivity index (χ0n) is 18.1. The van der Waals surface area contributed by atoms with E-state index < -0.39 is 5.41 Å². The van der Waals surface area contributed by atoms with E-state index in [0.29, 0.717) is 0 Å². The third-order valence-corrected chi connectivity index (χ3v) is 6.40. The normalized spacial score (nSPS) is 19.0. The van der Waals surface area contributed by atoms with Crippen LogP contribution in [0.5, 0.6) is 0 Å². The second-order valence-corrected chi connectivity index (χ2v) is 9.14. The van der Waals surface area contributed by atoms with E-state index in [4.69, 9.17) is 0 Å². The molecular formula is C25H31N3O2. The average Bonchev–Trinajstić information content (AvgIpc) is 2.91. The second-order valence-electron chi connectivity index (χ2n) is 9.14. The molecule has 2 amide bonds. The number of nitrogens with one attached hydrogen (secondary N) is 1. The lowest BCUT2D eigenvalue weighted by atomic mass is 9.85. The summed E-state index contributed by atoms with van der Waals surface area (Å²) in [6.45, 7) is 8.88. The van der Waals surface area contributed by atoms with Gasteiger partial charge in [-0.05, 0) is 50.8 Å². The maximum absolute atomic E-state index is 13.0. The van der Waals surface area contributed by atoms with Gasteiger partial charge in [0.25, 0.3) is 0 Å². The number of anilines is 1. The van der Waals surface area contributed by atoms with Crippen molar-refractivity contribution in [3.63, 3.8) is 0 Å². The van der Waals surface area contributed by atoms with E-state index in [9.17, 15) is 9.59 Å². The Labute approximate surface area is 179 Å². The minimum atomic E-state index is -0.593. The van der Waals surface area contributed by atoms with Crippen LogP contribution in [0.1, 0.15) is 43.4 Å². The van der Waals surface area contributed by atoms with Gasteiger partial charge in [0.05, 0.1) is 5.41 Å². The summed E-state index contributed by atoms with van der Waals surface area (Å²) in [6.07, 6.45) is 1.88. The molecule has 5 heteroatoms. The van der Waals surface area contributed by atoms with Crippen LogP contribution in [0.2, 0.25) is 0 Å². The molecule has 4 rings (SSSR count). The summed E-state index contributed by atoms with van der Waals surface area (Å²) in [6, 6.07) is 16.7. The molecule has 0 atom stereocenters. The zero-order valence-corrected chi connectivity index (χ0v) is 18.1. The van der Waals surface area contributed by atoms with E-state index in [1.165, 1.54) is 5.56 Å². The molecule has 2 heterocycles. The Kier molecular flexibility index (Phi) is 5.65. The summed E-state index contributed by atoms with van der Waals surface area (Å²) < 4.78 is 0. The summed E-state index contributed by atoms with van der Waals surface area (Å²) in [5.41, 5.74) is 3.73. The number of likely N-dealkylation sites (tertiary alicyclic amines) is 1. The number of benzene rings is 2. The molecule has 2 aromatic rings. The summed E-state index contributed by atoms with van der Waals surface area (Å²) in [5.74, 6) is -0.0787. The highest BCUT2D eigenvalue weighted by atomic mass is 16.2. The molecule has 0 spiro atoms. The van der Waals surface area contributed by atoms with Gasteiger partial charge in [0, 0.05) is 31.4 Å². The molecule has 0 bridgehead atoms. The highest BCUT2D eigenvalue weighted by Gasteiger charge is 2.44. The molecular weight excluding hydrogens is 374 g/mol. The lowest BCUT2D eigenvalue weighted by Crippen LogP contribution is -2.48. The SMILES string of the molecule is Cc1ccc2c(c1)C(C)(C)C(=O)N2CC(=O)NC1CCN(Cc2ccccc2)CC1. The van der Waals surface area contributed by atoms with Crippen LogP contribution in [0.15, 0.2) is 48.5 Å². The van der Waals surface area contributed by atoms with Gasteiger partial charge in [-0.15, -0.1) is 0 Å². The lowest BCUT2D eigenvalue weighted by Gasteiger charge is -2.32. The van der Waals surface area contributed by atoms with E-state index in [1.54, 1.807) is 4.90 Å².